The van der Waals surface area contributed by atoms with E-state index in [1.165, 1.54) is 6.92 Å². The lowest BCUT2D eigenvalue weighted by Crippen LogP contribution is -2.29. The SMILES string of the molecule is CC(=O)OCCC[C@@H]1C[C@@H]2OCCC[C@@H]2O1. The lowest BCUT2D eigenvalue weighted by Gasteiger charge is -2.23. The van der Waals surface area contributed by atoms with Gasteiger partial charge < -0.3 is 14.2 Å². The third-order valence-corrected chi connectivity index (χ3v) is 3.22. The van der Waals surface area contributed by atoms with Crippen molar-refractivity contribution in [1.29, 1.82) is 0 Å². The van der Waals surface area contributed by atoms with Crippen LogP contribution in [-0.4, -0.2) is 37.5 Å². The first-order chi connectivity index (χ1) is 7.75. The number of fused-ring (bicyclic) bond motifs is 1. The van der Waals surface area contributed by atoms with E-state index in [2.05, 4.69) is 0 Å². The molecular formula is C12H20O4. The van der Waals surface area contributed by atoms with Crippen LogP contribution in [0, 0.1) is 0 Å². The minimum absolute atomic E-state index is 0.204. The van der Waals surface area contributed by atoms with Crippen LogP contribution in [0.2, 0.25) is 0 Å². The average molecular weight is 228 g/mol. The fourth-order valence-corrected chi connectivity index (χ4v) is 2.46. The zero-order chi connectivity index (χ0) is 11.4. The van der Waals surface area contributed by atoms with Gasteiger partial charge in [0.25, 0.3) is 0 Å². The summed E-state index contributed by atoms with van der Waals surface area (Å²) >= 11 is 0. The normalized spacial score (nSPS) is 33.4. The van der Waals surface area contributed by atoms with Crippen molar-refractivity contribution < 1.29 is 19.0 Å². The number of carbonyl (C=O) groups excluding carboxylic acids is 1. The number of hydrogen-bond acceptors (Lipinski definition) is 4. The maximum Gasteiger partial charge on any atom is 0.302 e. The van der Waals surface area contributed by atoms with Crippen molar-refractivity contribution in [3.63, 3.8) is 0 Å². The standard InChI is InChI=1S/C12H20O4/c1-9(13)14-6-2-4-10-8-12-11(16-10)5-3-7-15-12/h10-12H,2-8H2,1H3/t10-,11+,12+/m1/s1. The Balaban J connectivity index is 1.62. The Kier molecular flexibility index (Phi) is 4.18. The lowest BCUT2D eigenvalue weighted by molar-refractivity contribution is -0.141. The molecule has 2 aliphatic heterocycles. The summed E-state index contributed by atoms with van der Waals surface area (Å²) in [6, 6.07) is 0. The molecule has 0 saturated carbocycles. The van der Waals surface area contributed by atoms with E-state index >= 15 is 0 Å². The molecule has 4 heteroatoms. The second-order valence-electron chi connectivity index (χ2n) is 4.57. The van der Waals surface area contributed by atoms with Gasteiger partial charge in [-0.2, -0.15) is 0 Å². The Morgan fingerprint density at radius 2 is 2.31 bits per heavy atom. The van der Waals surface area contributed by atoms with E-state index in [4.69, 9.17) is 14.2 Å². The summed E-state index contributed by atoms with van der Waals surface area (Å²) in [5.41, 5.74) is 0. The van der Waals surface area contributed by atoms with Crippen LogP contribution in [0.3, 0.4) is 0 Å². The van der Waals surface area contributed by atoms with Gasteiger partial charge in [-0.15, -0.1) is 0 Å². The predicted molar refractivity (Wildman–Crippen MR) is 58.1 cm³/mol. The fourth-order valence-electron chi connectivity index (χ4n) is 2.46. The Labute approximate surface area is 96.2 Å². The van der Waals surface area contributed by atoms with Gasteiger partial charge in [-0.3, -0.25) is 4.79 Å². The van der Waals surface area contributed by atoms with E-state index in [1.807, 2.05) is 0 Å². The Morgan fingerprint density at radius 3 is 3.06 bits per heavy atom. The number of carbonyl (C=O) groups is 1. The highest BCUT2D eigenvalue weighted by Crippen LogP contribution is 2.31. The highest BCUT2D eigenvalue weighted by Gasteiger charge is 2.37. The molecule has 0 unspecified atom stereocenters. The monoisotopic (exact) mass is 228 g/mol. The highest BCUT2D eigenvalue weighted by molar-refractivity contribution is 5.65. The Bertz CT molecular complexity index is 227. The third-order valence-electron chi connectivity index (χ3n) is 3.22. The fraction of sp³-hybridized carbons (Fsp3) is 0.917. The molecule has 2 saturated heterocycles. The van der Waals surface area contributed by atoms with Gasteiger partial charge in [0.05, 0.1) is 24.9 Å². The van der Waals surface area contributed by atoms with Crippen LogP contribution in [0.1, 0.15) is 39.0 Å². The van der Waals surface area contributed by atoms with Crippen molar-refractivity contribution in [2.75, 3.05) is 13.2 Å². The number of ether oxygens (including phenoxy) is 3. The smallest absolute Gasteiger partial charge is 0.302 e. The van der Waals surface area contributed by atoms with Gasteiger partial charge in [-0.05, 0) is 25.7 Å². The molecule has 0 spiro atoms. The molecule has 92 valence electrons. The minimum atomic E-state index is -0.204. The van der Waals surface area contributed by atoms with Crippen LogP contribution >= 0.6 is 0 Å². The van der Waals surface area contributed by atoms with Crippen molar-refractivity contribution in [2.24, 2.45) is 0 Å². The Hall–Kier alpha value is -0.610. The minimum Gasteiger partial charge on any atom is -0.466 e. The third kappa shape index (κ3) is 3.19. The summed E-state index contributed by atoms with van der Waals surface area (Å²) in [6.45, 7) is 2.82. The van der Waals surface area contributed by atoms with Crippen molar-refractivity contribution in [2.45, 2.75) is 57.3 Å². The summed E-state index contributed by atoms with van der Waals surface area (Å²) in [7, 11) is 0. The molecule has 0 aromatic heterocycles. The van der Waals surface area contributed by atoms with E-state index in [0.717, 1.165) is 38.7 Å². The van der Waals surface area contributed by atoms with E-state index in [1.54, 1.807) is 0 Å². The summed E-state index contributed by atoms with van der Waals surface area (Å²) in [6.07, 6.45) is 6.01. The maximum atomic E-state index is 10.6. The van der Waals surface area contributed by atoms with Gasteiger partial charge in [0.15, 0.2) is 0 Å². The van der Waals surface area contributed by atoms with Gasteiger partial charge >= 0.3 is 5.97 Å². The van der Waals surface area contributed by atoms with Crippen molar-refractivity contribution in [1.82, 2.24) is 0 Å². The molecule has 0 aromatic rings. The molecule has 0 aliphatic carbocycles. The molecule has 0 N–H and O–H groups in total. The molecule has 2 heterocycles. The second-order valence-corrected chi connectivity index (χ2v) is 4.57. The molecular weight excluding hydrogens is 208 g/mol. The van der Waals surface area contributed by atoms with Crippen LogP contribution in [0.4, 0.5) is 0 Å². The second kappa shape index (κ2) is 5.64. The lowest BCUT2D eigenvalue weighted by atomic mass is 10.0. The van der Waals surface area contributed by atoms with Gasteiger partial charge in [0, 0.05) is 20.0 Å². The first-order valence-electron chi connectivity index (χ1n) is 6.16. The summed E-state index contributed by atoms with van der Waals surface area (Å²) in [5, 5.41) is 0. The van der Waals surface area contributed by atoms with Gasteiger partial charge in [0.1, 0.15) is 0 Å². The molecule has 2 fully saturated rings. The van der Waals surface area contributed by atoms with Crippen molar-refractivity contribution in [3.8, 4) is 0 Å². The maximum absolute atomic E-state index is 10.6. The largest absolute Gasteiger partial charge is 0.466 e. The number of hydrogen-bond donors (Lipinski definition) is 0. The van der Waals surface area contributed by atoms with Crippen molar-refractivity contribution >= 4 is 5.97 Å². The highest BCUT2D eigenvalue weighted by atomic mass is 16.6. The topological polar surface area (TPSA) is 44.8 Å². The number of rotatable bonds is 4. The zero-order valence-electron chi connectivity index (χ0n) is 9.81. The van der Waals surface area contributed by atoms with E-state index in [-0.39, 0.29) is 5.97 Å². The Morgan fingerprint density at radius 1 is 1.44 bits per heavy atom. The summed E-state index contributed by atoms with van der Waals surface area (Å²) in [5.74, 6) is -0.204. The van der Waals surface area contributed by atoms with Crippen LogP contribution in [0.25, 0.3) is 0 Å². The summed E-state index contributed by atoms with van der Waals surface area (Å²) < 4.78 is 16.5. The quantitative estimate of drug-likeness (QED) is 0.542. The molecule has 0 amide bonds. The van der Waals surface area contributed by atoms with Gasteiger partial charge in [-0.1, -0.05) is 0 Å². The zero-order valence-corrected chi connectivity index (χ0v) is 9.81. The van der Waals surface area contributed by atoms with Gasteiger partial charge in [-0.25, -0.2) is 0 Å². The van der Waals surface area contributed by atoms with E-state index in [0.29, 0.717) is 24.9 Å². The van der Waals surface area contributed by atoms with Crippen LogP contribution in [0.5, 0.6) is 0 Å². The molecule has 0 radical (unpaired) electrons. The molecule has 16 heavy (non-hydrogen) atoms. The van der Waals surface area contributed by atoms with Crippen LogP contribution in [-0.2, 0) is 19.0 Å². The molecule has 0 bridgehead atoms. The molecule has 2 aliphatic rings. The molecule has 3 atom stereocenters. The molecule has 4 nitrogen and oxygen atoms in total. The average Bonchev–Trinajstić information content (AvgIpc) is 2.66. The first kappa shape index (κ1) is 11.9. The van der Waals surface area contributed by atoms with E-state index in [9.17, 15) is 4.79 Å². The molecule has 2 rings (SSSR count). The van der Waals surface area contributed by atoms with Gasteiger partial charge in [0.2, 0.25) is 0 Å². The first-order valence-corrected chi connectivity index (χ1v) is 6.16. The van der Waals surface area contributed by atoms with Crippen molar-refractivity contribution in [3.05, 3.63) is 0 Å². The predicted octanol–water partition coefficient (Wildman–Crippen LogP) is 1.67. The number of esters is 1. The summed E-state index contributed by atoms with van der Waals surface area (Å²) in [4.78, 5) is 10.6. The van der Waals surface area contributed by atoms with Crippen LogP contribution in [0.15, 0.2) is 0 Å². The van der Waals surface area contributed by atoms with Crippen LogP contribution < -0.4 is 0 Å². The van der Waals surface area contributed by atoms with E-state index < -0.39 is 0 Å². The molecule has 0 aromatic carbocycles.